The molecule has 2 aromatic heterocycles. The van der Waals surface area contributed by atoms with E-state index in [1.807, 2.05) is 0 Å². The summed E-state index contributed by atoms with van der Waals surface area (Å²) < 4.78 is 34.8. The molecule has 4 aromatic rings. The van der Waals surface area contributed by atoms with Crippen LogP contribution in [0.1, 0.15) is 15.9 Å². The molecule has 0 radical (unpaired) electrons. The topological polar surface area (TPSA) is 119 Å². The van der Waals surface area contributed by atoms with Crippen LogP contribution in [0, 0.1) is 23.5 Å². The van der Waals surface area contributed by atoms with Crippen LogP contribution in [0.25, 0.3) is 5.69 Å². The van der Waals surface area contributed by atoms with E-state index in [1.165, 1.54) is 71.6 Å². The number of nitrogen functional groups attached to an aromatic ring is 1. The third-order valence-corrected chi connectivity index (χ3v) is 4.94. The number of anilines is 2. The number of rotatable bonds is 5. The van der Waals surface area contributed by atoms with E-state index in [1.54, 1.807) is 0 Å². The van der Waals surface area contributed by atoms with Crippen LogP contribution >= 0.6 is 0 Å². The van der Waals surface area contributed by atoms with Gasteiger partial charge in [-0.3, -0.25) is 14.2 Å². The minimum atomic E-state index is -0.805. The number of nitrogens with one attached hydrogen (secondary N) is 1. The number of pyridine rings is 2. The number of carbonyl (C=O) groups excluding carboxylic acids is 1. The van der Waals surface area contributed by atoms with Gasteiger partial charge in [-0.25, -0.2) is 13.8 Å². The Labute approximate surface area is 203 Å². The first-order valence-electron chi connectivity index (χ1n) is 10.5. The molecule has 0 fully saturated rings. The second-order valence-electron chi connectivity index (χ2n) is 7.30. The summed E-state index contributed by atoms with van der Waals surface area (Å²) in [4.78, 5) is 29.5. The molecule has 4 N–H and O–H groups in total. The van der Waals surface area contributed by atoms with Crippen molar-refractivity contribution in [2.45, 2.75) is 0 Å². The highest BCUT2D eigenvalue weighted by atomic mass is 19.1. The van der Waals surface area contributed by atoms with Crippen molar-refractivity contribution in [3.8, 4) is 29.0 Å². The fourth-order valence-electron chi connectivity index (χ4n) is 3.25. The number of benzene rings is 2. The molecule has 10 heteroatoms. The van der Waals surface area contributed by atoms with E-state index in [2.05, 4.69) is 22.1 Å². The first-order chi connectivity index (χ1) is 17.4. The zero-order valence-corrected chi connectivity index (χ0v) is 18.5. The number of nitrogens with two attached hydrogens (primary N) is 1. The molecule has 0 aliphatic rings. The lowest BCUT2D eigenvalue weighted by Crippen LogP contribution is -2.27. The summed E-state index contributed by atoms with van der Waals surface area (Å²) in [7, 11) is 0. The van der Waals surface area contributed by atoms with Gasteiger partial charge in [0.25, 0.3) is 11.5 Å². The maximum absolute atomic E-state index is 14.8. The lowest BCUT2D eigenvalue weighted by molar-refractivity contribution is 0.102. The fraction of sp³-hybridized carbons (Fsp3) is 0.0385. The van der Waals surface area contributed by atoms with Crippen LogP contribution in [0.4, 0.5) is 20.3 Å². The summed E-state index contributed by atoms with van der Waals surface area (Å²) in [5, 5.41) is 11.4. The van der Waals surface area contributed by atoms with Gasteiger partial charge in [-0.15, -0.1) is 0 Å². The smallest absolute Gasteiger partial charge is 0.267 e. The van der Waals surface area contributed by atoms with E-state index >= 15 is 0 Å². The zero-order valence-electron chi connectivity index (χ0n) is 18.5. The lowest BCUT2D eigenvalue weighted by Gasteiger charge is -2.12. The van der Waals surface area contributed by atoms with Crippen molar-refractivity contribution < 1.29 is 23.4 Å². The molecule has 0 bridgehead atoms. The number of hydrogen-bond donors (Lipinski definition) is 3. The molecular weight excluding hydrogens is 470 g/mol. The number of carbonyl (C=O) groups is 1. The predicted molar refractivity (Wildman–Crippen MR) is 129 cm³/mol. The molecular formula is C26H18F2N4O4. The van der Waals surface area contributed by atoms with Crippen LogP contribution in [0.2, 0.25) is 0 Å². The summed E-state index contributed by atoms with van der Waals surface area (Å²) >= 11 is 0. The quantitative estimate of drug-likeness (QED) is 0.370. The second kappa shape index (κ2) is 10.5. The average molecular weight is 488 g/mol. The number of aliphatic hydroxyl groups is 1. The summed E-state index contributed by atoms with van der Waals surface area (Å²) in [6.45, 7) is -0.410. The van der Waals surface area contributed by atoms with Crippen molar-refractivity contribution in [1.82, 2.24) is 9.55 Å². The Kier molecular flexibility index (Phi) is 7.04. The van der Waals surface area contributed by atoms with Gasteiger partial charge in [-0.1, -0.05) is 11.8 Å². The highest BCUT2D eigenvalue weighted by Crippen LogP contribution is 2.30. The molecule has 2 heterocycles. The standard InChI is InChI=1S/C26H18F2N4O4/c27-16-5-8-18(9-6-16)32-13-1-3-20(26(32)35)25(34)31-17-7-10-23(21(28)15-17)36-22-11-12-30-24(29)19(22)4-2-14-33/h1,3,5-13,15,33H,14H2,(H2,29,30)(H,31,34). The second-order valence-corrected chi connectivity index (χ2v) is 7.30. The molecule has 2 aromatic carbocycles. The first kappa shape index (κ1) is 24.1. The number of hydrogen-bond acceptors (Lipinski definition) is 6. The Morgan fingerprint density at radius 3 is 2.61 bits per heavy atom. The van der Waals surface area contributed by atoms with Crippen molar-refractivity contribution in [3.63, 3.8) is 0 Å². The van der Waals surface area contributed by atoms with Crippen LogP contribution in [-0.2, 0) is 0 Å². The molecule has 0 unspecified atom stereocenters. The van der Waals surface area contributed by atoms with Crippen molar-refractivity contribution >= 4 is 17.4 Å². The zero-order chi connectivity index (χ0) is 25.7. The molecule has 8 nitrogen and oxygen atoms in total. The van der Waals surface area contributed by atoms with Gasteiger partial charge in [-0.2, -0.15) is 0 Å². The van der Waals surface area contributed by atoms with Crippen LogP contribution in [0.5, 0.6) is 11.5 Å². The van der Waals surface area contributed by atoms with Gasteiger partial charge in [0, 0.05) is 35.9 Å². The number of aliphatic hydroxyl groups excluding tert-OH is 1. The van der Waals surface area contributed by atoms with E-state index in [-0.39, 0.29) is 34.1 Å². The number of halogens is 2. The maximum Gasteiger partial charge on any atom is 0.267 e. The molecule has 0 saturated heterocycles. The van der Waals surface area contributed by atoms with E-state index in [0.717, 1.165) is 6.07 Å². The normalized spacial score (nSPS) is 10.3. The van der Waals surface area contributed by atoms with Gasteiger partial charge >= 0.3 is 0 Å². The Morgan fingerprint density at radius 1 is 1.11 bits per heavy atom. The van der Waals surface area contributed by atoms with Gasteiger partial charge in [-0.05, 0) is 48.5 Å². The lowest BCUT2D eigenvalue weighted by atomic mass is 10.2. The highest BCUT2D eigenvalue weighted by molar-refractivity contribution is 6.04. The summed E-state index contributed by atoms with van der Waals surface area (Å²) in [6, 6.07) is 13.2. The van der Waals surface area contributed by atoms with E-state index in [0.29, 0.717) is 5.69 Å². The monoisotopic (exact) mass is 488 g/mol. The Bertz CT molecular complexity index is 1560. The summed E-state index contributed by atoms with van der Waals surface area (Å²) in [6.07, 6.45) is 2.81. The van der Waals surface area contributed by atoms with Crippen LogP contribution < -0.4 is 21.3 Å². The third kappa shape index (κ3) is 5.22. The summed E-state index contributed by atoms with van der Waals surface area (Å²) in [5.74, 6) is 3.02. The molecule has 36 heavy (non-hydrogen) atoms. The minimum absolute atomic E-state index is 0.0481. The van der Waals surface area contributed by atoms with E-state index < -0.39 is 29.7 Å². The van der Waals surface area contributed by atoms with Gasteiger partial charge in [0.2, 0.25) is 0 Å². The Balaban J connectivity index is 1.55. The van der Waals surface area contributed by atoms with E-state index in [9.17, 15) is 18.4 Å². The SMILES string of the molecule is Nc1nccc(Oc2ccc(NC(=O)c3cccn(-c4ccc(F)cc4)c3=O)cc2F)c1C#CCO. The molecule has 0 atom stereocenters. The van der Waals surface area contributed by atoms with Crippen LogP contribution in [0.3, 0.4) is 0 Å². The molecule has 0 saturated carbocycles. The van der Waals surface area contributed by atoms with Gasteiger partial charge in [0.05, 0.1) is 0 Å². The largest absolute Gasteiger partial charge is 0.453 e. The molecule has 180 valence electrons. The molecule has 0 aliphatic carbocycles. The Hall–Kier alpha value is -5.01. The summed E-state index contributed by atoms with van der Waals surface area (Å²) in [5.41, 5.74) is 5.61. The average Bonchev–Trinajstić information content (AvgIpc) is 2.86. The van der Waals surface area contributed by atoms with Crippen molar-refractivity contribution in [2.24, 2.45) is 0 Å². The molecule has 4 rings (SSSR count). The first-order valence-corrected chi connectivity index (χ1v) is 10.5. The number of aromatic nitrogens is 2. The van der Waals surface area contributed by atoms with Crippen LogP contribution in [0.15, 0.2) is 77.9 Å². The number of nitrogens with zero attached hydrogens (tertiary/aromatic N) is 2. The van der Waals surface area contributed by atoms with Crippen molar-refractivity contribution in [3.05, 3.63) is 106 Å². The van der Waals surface area contributed by atoms with Gasteiger partial charge < -0.3 is 20.9 Å². The molecule has 1 amide bonds. The molecule has 0 spiro atoms. The highest BCUT2D eigenvalue weighted by Gasteiger charge is 2.16. The van der Waals surface area contributed by atoms with Crippen LogP contribution in [-0.4, -0.2) is 27.2 Å². The minimum Gasteiger partial charge on any atom is -0.453 e. The van der Waals surface area contributed by atoms with Gasteiger partial charge in [0.15, 0.2) is 11.6 Å². The van der Waals surface area contributed by atoms with Crippen molar-refractivity contribution in [2.75, 3.05) is 17.7 Å². The van der Waals surface area contributed by atoms with Crippen molar-refractivity contribution in [1.29, 1.82) is 0 Å². The Morgan fingerprint density at radius 2 is 1.89 bits per heavy atom. The third-order valence-electron chi connectivity index (χ3n) is 4.94. The molecule has 0 aliphatic heterocycles. The maximum atomic E-state index is 14.8. The number of amides is 1. The van der Waals surface area contributed by atoms with Gasteiger partial charge in [0.1, 0.15) is 35.1 Å². The fourth-order valence-corrected chi connectivity index (χ4v) is 3.25. The van der Waals surface area contributed by atoms with E-state index in [4.69, 9.17) is 15.6 Å². The number of ether oxygens (including phenoxy) is 1. The predicted octanol–water partition coefficient (Wildman–Crippen LogP) is 3.48.